The summed E-state index contributed by atoms with van der Waals surface area (Å²) in [5.41, 5.74) is 2.62. The normalized spacial score (nSPS) is 10.9. The number of amides is 1. The number of ketones is 1. The first kappa shape index (κ1) is 19.3. The molecule has 3 aromatic heterocycles. The Kier molecular flexibility index (Phi) is 5.25. The highest BCUT2D eigenvalue weighted by Crippen LogP contribution is 2.28. The second-order valence-corrected chi connectivity index (χ2v) is 6.68. The lowest BCUT2D eigenvalue weighted by atomic mass is 9.99. The van der Waals surface area contributed by atoms with E-state index in [1.54, 1.807) is 19.4 Å². The summed E-state index contributed by atoms with van der Waals surface area (Å²) in [7, 11) is 0. The Morgan fingerprint density at radius 2 is 2.00 bits per heavy atom. The lowest BCUT2D eigenvalue weighted by Crippen LogP contribution is -2.26. The van der Waals surface area contributed by atoms with Gasteiger partial charge in [-0.2, -0.15) is 0 Å². The number of hydrogen-bond donors (Lipinski definition) is 3. The van der Waals surface area contributed by atoms with Crippen LogP contribution in [0.5, 0.6) is 0 Å². The van der Waals surface area contributed by atoms with Gasteiger partial charge in [0.2, 0.25) is 0 Å². The molecule has 8 nitrogen and oxygen atoms in total. The van der Waals surface area contributed by atoms with Crippen LogP contribution in [0.25, 0.3) is 11.3 Å². The Bertz CT molecular complexity index is 1180. The van der Waals surface area contributed by atoms with E-state index < -0.39 is 0 Å². The fourth-order valence-corrected chi connectivity index (χ4v) is 3.07. The molecule has 0 radical (unpaired) electrons. The summed E-state index contributed by atoms with van der Waals surface area (Å²) in [6.45, 7) is 2.05. The summed E-state index contributed by atoms with van der Waals surface area (Å²) in [5.74, 6) is -0.720. The van der Waals surface area contributed by atoms with Gasteiger partial charge in [0, 0.05) is 42.2 Å². The van der Waals surface area contributed by atoms with Crippen molar-refractivity contribution in [3.63, 3.8) is 0 Å². The fraction of sp³-hybridized carbons (Fsp3) is 0.143. The minimum atomic E-state index is -0.388. The number of H-pyrrole nitrogens is 2. The van der Waals surface area contributed by atoms with Crippen LogP contribution >= 0.6 is 0 Å². The molecular formula is C21H18FN5O3. The third-order valence-corrected chi connectivity index (χ3v) is 4.63. The molecule has 0 saturated carbocycles. The summed E-state index contributed by atoms with van der Waals surface area (Å²) in [5, 5.41) is 6.74. The van der Waals surface area contributed by atoms with Gasteiger partial charge >= 0.3 is 0 Å². The minimum absolute atomic E-state index is 0.264. The SMILES string of the molecule is Cc1onc(-c2ccc(F)cc2)c1C(=O)c1c[nH]c(C(=O)NCCc2cnc[nH]2)c1. The van der Waals surface area contributed by atoms with Gasteiger partial charge in [0.15, 0.2) is 5.78 Å². The number of nitrogens with zero attached hydrogens (tertiary/aromatic N) is 2. The smallest absolute Gasteiger partial charge is 0.267 e. The number of nitrogens with one attached hydrogen (secondary N) is 3. The molecule has 0 spiro atoms. The van der Waals surface area contributed by atoms with Crippen LogP contribution in [0.2, 0.25) is 0 Å². The highest BCUT2D eigenvalue weighted by molar-refractivity contribution is 6.13. The Hall–Kier alpha value is -4.01. The van der Waals surface area contributed by atoms with Crippen LogP contribution in [-0.4, -0.2) is 38.3 Å². The molecule has 4 rings (SSSR count). The number of halogens is 1. The van der Waals surface area contributed by atoms with E-state index in [-0.39, 0.29) is 28.8 Å². The fourth-order valence-electron chi connectivity index (χ4n) is 3.07. The average Bonchev–Trinajstić information content (AvgIpc) is 3.49. The van der Waals surface area contributed by atoms with Gasteiger partial charge in [-0.3, -0.25) is 9.59 Å². The van der Waals surface area contributed by atoms with Crippen LogP contribution in [0.1, 0.15) is 37.9 Å². The second-order valence-electron chi connectivity index (χ2n) is 6.68. The minimum Gasteiger partial charge on any atom is -0.360 e. The van der Waals surface area contributed by atoms with Crippen molar-refractivity contribution < 1.29 is 18.5 Å². The molecule has 0 aliphatic rings. The molecule has 0 fully saturated rings. The van der Waals surface area contributed by atoms with E-state index in [0.717, 1.165) is 5.69 Å². The molecule has 30 heavy (non-hydrogen) atoms. The largest absolute Gasteiger partial charge is 0.360 e. The molecule has 0 saturated heterocycles. The molecule has 0 bridgehead atoms. The van der Waals surface area contributed by atoms with Gasteiger partial charge < -0.3 is 19.8 Å². The summed E-state index contributed by atoms with van der Waals surface area (Å²) < 4.78 is 18.4. The molecule has 152 valence electrons. The average molecular weight is 407 g/mol. The third kappa shape index (κ3) is 3.90. The van der Waals surface area contributed by atoms with Gasteiger partial charge in [-0.15, -0.1) is 0 Å². The van der Waals surface area contributed by atoms with Crippen molar-refractivity contribution in [1.29, 1.82) is 0 Å². The van der Waals surface area contributed by atoms with Crippen LogP contribution < -0.4 is 5.32 Å². The first-order chi connectivity index (χ1) is 14.5. The van der Waals surface area contributed by atoms with E-state index in [4.69, 9.17) is 4.52 Å². The number of carbonyl (C=O) groups is 2. The number of aromatic amines is 2. The van der Waals surface area contributed by atoms with Gasteiger partial charge in [-0.25, -0.2) is 9.37 Å². The van der Waals surface area contributed by atoms with E-state index in [2.05, 4.69) is 25.4 Å². The topological polar surface area (TPSA) is 117 Å². The van der Waals surface area contributed by atoms with Crippen molar-refractivity contribution in [3.05, 3.63) is 83.1 Å². The van der Waals surface area contributed by atoms with Crippen LogP contribution in [0.4, 0.5) is 4.39 Å². The molecule has 0 atom stereocenters. The highest BCUT2D eigenvalue weighted by atomic mass is 19.1. The van der Waals surface area contributed by atoms with Crippen molar-refractivity contribution in [2.45, 2.75) is 13.3 Å². The van der Waals surface area contributed by atoms with Gasteiger partial charge in [0.05, 0.1) is 11.9 Å². The molecule has 4 aromatic rings. The van der Waals surface area contributed by atoms with Crippen LogP contribution in [0, 0.1) is 12.7 Å². The predicted octanol–water partition coefficient (Wildman–Crippen LogP) is 3.04. The molecule has 3 heterocycles. The quantitative estimate of drug-likeness (QED) is 0.407. The van der Waals surface area contributed by atoms with Crippen molar-refractivity contribution in [2.24, 2.45) is 0 Å². The Morgan fingerprint density at radius 3 is 2.73 bits per heavy atom. The van der Waals surface area contributed by atoms with Crippen LogP contribution in [0.3, 0.4) is 0 Å². The number of carbonyl (C=O) groups excluding carboxylic acids is 2. The highest BCUT2D eigenvalue weighted by Gasteiger charge is 2.24. The molecule has 0 aliphatic heterocycles. The monoisotopic (exact) mass is 407 g/mol. The number of aromatic nitrogens is 4. The number of benzene rings is 1. The first-order valence-corrected chi connectivity index (χ1v) is 9.23. The Balaban J connectivity index is 1.50. The maximum absolute atomic E-state index is 13.2. The van der Waals surface area contributed by atoms with Gasteiger partial charge in [-0.1, -0.05) is 5.16 Å². The molecular weight excluding hydrogens is 389 g/mol. The number of aryl methyl sites for hydroxylation is 1. The maximum atomic E-state index is 13.2. The zero-order valence-electron chi connectivity index (χ0n) is 16.0. The number of hydrogen-bond acceptors (Lipinski definition) is 5. The van der Waals surface area contributed by atoms with E-state index in [1.165, 1.54) is 36.5 Å². The van der Waals surface area contributed by atoms with Crippen molar-refractivity contribution >= 4 is 11.7 Å². The first-order valence-electron chi connectivity index (χ1n) is 9.23. The zero-order valence-corrected chi connectivity index (χ0v) is 16.0. The molecule has 1 aromatic carbocycles. The summed E-state index contributed by atoms with van der Waals surface area (Å²) in [6, 6.07) is 7.11. The van der Waals surface area contributed by atoms with Crippen LogP contribution in [0.15, 0.2) is 53.6 Å². The second kappa shape index (κ2) is 8.16. The van der Waals surface area contributed by atoms with Gasteiger partial charge in [0.1, 0.15) is 23.0 Å². The van der Waals surface area contributed by atoms with Gasteiger partial charge in [-0.05, 0) is 37.3 Å². The van der Waals surface area contributed by atoms with Crippen molar-refractivity contribution in [1.82, 2.24) is 25.4 Å². The van der Waals surface area contributed by atoms with Crippen molar-refractivity contribution in [2.75, 3.05) is 6.54 Å². The zero-order chi connectivity index (χ0) is 21.1. The summed E-state index contributed by atoms with van der Waals surface area (Å²) >= 11 is 0. The number of rotatable bonds is 7. The standard InChI is InChI=1S/C21H18FN5O3/c1-12-18(19(27-30-12)13-2-4-15(22)5-3-13)20(28)14-8-17(25-9-14)21(29)24-7-6-16-10-23-11-26-16/h2-5,8-11,25H,6-7H2,1H3,(H,23,26)(H,24,29). The van der Waals surface area contributed by atoms with Gasteiger partial charge in [0.25, 0.3) is 5.91 Å². The van der Waals surface area contributed by atoms with E-state index in [9.17, 15) is 14.0 Å². The molecule has 1 amide bonds. The Labute approximate surface area is 170 Å². The third-order valence-electron chi connectivity index (χ3n) is 4.63. The van der Waals surface area contributed by atoms with E-state index in [0.29, 0.717) is 35.5 Å². The van der Waals surface area contributed by atoms with E-state index >= 15 is 0 Å². The number of imidazole rings is 1. The van der Waals surface area contributed by atoms with E-state index in [1.807, 2.05) is 0 Å². The molecule has 9 heteroatoms. The Morgan fingerprint density at radius 1 is 1.20 bits per heavy atom. The lowest BCUT2D eigenvalue weighted by Gasteiger charge is -2.02. The molecule has 3 N–H and O–H groups in total. The lowest BCUT2D eigenvalue weighted by molar-refractivity contribution is 0.0949. The predicted molar refractivity (Wildman–Crippen MR) is 105 cm³/mol. The maximum Gasteiger partial charge on any atom is 0.267 e. The summed E-state index contributed by atoms with van der Waals surface area (Å²) in [6.07, 6.45) is 5.34. The van der Waals surface area contributed by atoms with Crippen LogP contribution in [-0.2, 0) is 6.42 Å². The molecule has 0 unspecified atom stereocenters. The molecule has 0 aliphatic carbocycles. The summed E-state index contributed by atoms with van der Waals surface area (Å²) in [4.78, 5) is 35.1. The van der Waals surface area contributed by atoms with Crippen molar-refractivity contribution in [3.8, 4) is 11.3 Å².